The lowest BCUT2D eigenvalue weighted by molar-refractivity contribution is 0.234. The Kier molecular flexibility index (Phi) is 4.61. The summed E-state index contributed by atoms with van der Waals surface area (Å²) < 4.78 is 0. The van der Waals surface area contributed by atoms with Crippen LogP contribution in [0.2, 0.25) is 0 Å². The largest absolute Gasteiger partial charge is 0.336 e. The van der Waals surface area contributed by atoms with Crippen LogP contribution < -0.4 is 10.6 Å². The topological polar surface area (TPSA) is 41.1 Å². The fourth-order valence-electron chi connectivity index (χ4n) is 2.27. The summed E-state index contributed by atoms with van der Waals surface area (Å²) in [6.45, 7) is 6.07. The van der Waals surface area contributed by atoms with Crippen LogP contribution in [0.25, 0.3) is 10.8 Å². The van der Waals surface area contributed by atoms with E-state index >= 15 is 0 Å². The third kappa shape index (κ3) is 3.29. The molecule has 0 aliphatic carbocycles. The summed E-state index contributed by atoms with van der Waals surface area (Å²) in [5, 5.41) is 8.31. The summed E-state index contributed by atoms with van der Waals surface area (Å²) >= 11 is 0. The molecule has 0 aromatic heterocycles. The van der Waals surface area contributed by atoms with Crippen molar-refractivity contribution in [2.45, 2.75) is 39.3 Å². The van der Waals surface area contributed by atoms with Crippen LogP contribution in [0, 0.1) is 0 Å². The minimum atomic E-state index is -0.111. The standard InChI is InChI=1S/C17H22N2O/c1-4-12(2)18-17(20)19-13(3)15-11-7-9-14-8-5-6-10-16(14)15/h5-13H,4H2,1-3H3,(H2,18,19,20)/t12-,13-/m1/s1. The smallest absolute Gasteiger partial charge is 0.315 e. The van der Waals surface area contributed by atoms with E-state index in [-0.39, 0.29) is 18.1 Å². The molecule has 3 heteroatoms. The number of nitrogens with one attached hydrogen (secondary N) is 2. The molecule has 0 unspecified atom stereocenters. The summed E-state index contributed by atoms with van der Waals surface area (Å²) in [6.07, 6.45) is 0.927. The SMILES string of the molecule is CC[C@@H](C)NC(=O)N[C@H](C)c1cccc2ccccc12. The van der Waals surface area contributed by atoms with Gasteiger partial charge in [-0.15, -0.1) is 0 Å². The number of rotatable bonds is 4. The first-order valence-corrected chi connectivity index (χ1v) is 7.16. The van der Waals surface area contributed by atoms with Crippen molar-refractivity contribution in [2.24, 2.45) is 0 Å². The van der Waals surface area contributed by atoms with Gasteiger partial charge in [-0.2, -0.15) is 0 Å². The Morgan fingerprint density at radius 1 is 1.05 bits per heavy atom. The minimum Gasteiger partial charge on any atom is -0.336 e. The molecule has 0 radical (unpaired) electrons. The van der Waals surface area contributed by atoms with Crippen molar-refractivity contribution in [1.82, 2.24) is 10.6 Å². The van der Waals surface area contributed by atoms with Gasteiger partial charge in [-0.3, -0.25) is 0 Å². The Bertz CT molecular complexity index is 589. The Morgan fingerprint density at radius 3 is 2.50 bits per heavy atom. The van der Waals surface area contributed by atoms with Crippen LogP contribution in [0.4, 0.5) is 4.79 Å². The summed E-state index contributed by atoms with van der Waals surface area (Å²) in [4.78, 5) is 11.9. The van der Waals surface area contributed by atoms with Crippen molar-refractivity contribution in [3.8, 4) is 0 Å². The third-order valence-electron chi connectivity index (χ3n) is 3.63. The molecular formula is C17H22N2O. The number of benzene rings is 2. The average Bonchev–Trinajstić information content (AvgIpc) is 2.46. The van der Waals surface area contributed by atoms with Crippen LogP contribution in [0.5, 0.6) is 0 Å². The lowest BCUT2D eigenvalue weighted by atomic mass is 10.00. The van der Waals surface area contributed by atoms with Gasteiger partial charge in [0.1, 0.15) is 0 Å². The first-order chi connectivity index (χ1) is 9.61. The van der Waals surface area contributed by atoms with Gasteiger partial charge in [0.15, 0.2) is 0 Å². The van der Waals surface area contributed by atoms with Crippen molar-refractivity contribution in [2.75, 3.05) is 0 Å². The van der Waals surface area contributed by atoms with Gasteiger partial charge in [-0.05, 0) is 36.6 Å². The zero-order valence-electron chi connectivity index (χ0n) is 12.3. The summed E-state index contributed by atoms with van der Waals surface area (Å²) in [7, 11) is 0. The molecule has 0 aliphatic heterocycles. The van der Waals surface area contributed by atoms with E-state index in [1.54, 1.807) is 0 Å². The number of carbonyl (C=O) groups excluding carboxylic acids is 1. The van der Waals surface area contributed by atoms with Crippen LogP contribution in [0.1, 0.15) is 38.8 Å². The van der Waals surface area contributed by atoms with Crippen molar-refractivity contribution in [3.05, 3.63) is 48.0 Å². The first-order valence-electron chi connectivity index (χ1n) is 7.16. The lowest BCUT2D eigenvalue weighted by Crippen LogP contribution is -2.41. The maximum absolute atomic E-state index is 11.9. The zero-order valence-corrected chi connectivity index (χ0v) is 12.3. The number of amides is 2. The van der Waals surface area contributed by atoms with E-state index in [0.717, 1.165) is 12.0 Å². The van der Waals surface area contributed by atoms with Crippen molar-refractivity contribution in [1.29, 1.82) is 0 Å². The highest BCUT2D eigenvalue weighted by Gasteiger charge is 2.12. The molecule has 0 fully saturated rings. The van der Waals surface area contributed by atoms with Gasteiger partial charge in [-0.1, -0.05) is 49.4 Å². The highest BCUT2D eigenvalue weighted by molar-refractivity contribution is 5.86. The number of fused-ring (bicyclic) bond motifs is 1. The molecule has 2 rings (SSSR count). The number of carbonyl (C=O) groups is 1. The quantitative estimate of drug-likeness (QED) is 0.866. The summed E-state index contributed by atoms with van der Waals surface area (Å²) in [5.74, 6) is 0. The average molecular weight is 270 g/mol. The summed E-state index contributed by atoms with van der Waals surface area (Å²) in [6, 6.07) is 14.5. The van der Waals surface area contributed by atoms with Gasteiger partial charge in [-0.25, -0.2) is 4.79 Å². The van der Waals surface area contributed by atoms with Gasteiger partial charge in [0.05, 0.1) is 6.04 Å². The van der Waals surface area contributed by atoms with Gasteiger partial charge >= 0.3 is 6.03 Å². The molecule has 0 bridgehead atoms. The van der Waals surface area contributed by atoms with Gasteiger partial charge < -0.3 is 10.6 Å². The monoisotopic (exact) mass is 270 g/mol. The van der Waals surface area contributed by atoms with E-state index in [1.807, 2.05) is 32.0 Å². The van der Waals surface area contributed by atoms with Crippen LogP contribution in [-0.2, 0) is 0 Å². The van der Waals surface area contributed by atoms with E-state index in [1.165, 1.54) is 10.8 Å². The Labute approximate surface area is 120 Å². The second-order valence-electron chi connectivity index (χ2n) is 5.22. The lowest BCUT2D eigenvalue weighted by Gasteiger charge is -2.19. The van der Waals surface area contributed by atoms with E-state index in [4.69, 9.17) is 0 Å². The predicted molar refractivity (Wildman–Crippen MR) is 83.8 cm³/mol. The molecule has 2 aromatic rings. The van der Waals surface area contributed by atoms with E-state index < -0.39 is 0 Å². The van der Waals surface area contributed by atoms with Gasteiger partial charge in [0.25, 0.3) is 0 Å². The van der Waals surface area contributed by atoms with Crippen molar-refractivity contribution >= 4 is 16.8 Å². The molecular weight excluding hydrogens is 248 g/mol. The fourth-order valence-corrected chi connectivity index (χ4v) is 2.27. The normalized spacial score (nSPS) is 13.8. The van der Waals surface area contributed by atoms with E-state index in [9.17, 15) is 4.79 Å². The third-order valence-corrected chi connectivity index (χ3v) is 3.63. The molecule has 2 aromatic carbocycles. The molecule has 20 heavy (non-hydrogen) atoms. The molecule has 0 saturated carbocycles. The minimum absolute atomic E-state index is 0.0230. The highest BCUT2D eigenvalue weighted by atomic mass is 16.2. The van der Waals surface area contributed by atoms with Crippen molar-refractivity contribution in [3.63, 3.8) is 0 Å². The molecule has 0 aliphatic rings. The van der Waals surface area contributed by atoms with Crippen LogP contribution >= 0.6 is 0 Å². The number of urea groups is 1. The van der Waals surface area contributed by atoms with Gasteiger partial charge in [0, 0.05) is 6.04 Å². The second kappa shape index (κ2) is 6.42. The molecule has 0 spiro atoms. The molecule has 2 amide bonds. The highest BCUT2D eigenvalue weighted by Crippen LogP contribution is 2.23. The predicted octanol–water partition coefficient (Wildman–Crippen LogP) is 4.00. The Hall–Kier alpha value is -2.03. The maximum atomic E-state index is 11.9. The van der Waals surface area contributed by atoms with E-state index in [0.29, 0.717) is 0 Å². The molecule has 2 atom stereocenters. The Morgan fingerprint density at radius 2 is 1.75 bits per heavy atom. The van der Waals surface area contributed by atoms with Crippen LogP contribution in [-0.4, -0.2) is 12.1 Å². The zero-order chi connectivity index (χ0) is 14.5. The molecule has 2 N–H and O–H groups in total. The number of hydrogen-bond acceptors (Lipinski definition) is 1. The molecule has 106 valence electrons. The molecule has 0 saturated heterocycles. The van der Waals surface area contributed by atoms with Crippen molar-refractivity contribution < 1.29 is 4.79 Å². The maximum Gasteiger partial charge on any atom is 0.315 e. The molecule has 3 nitrogen and oxygen atoms in total. The molecule has 0 heterocycles. The van der Waals surface area contributed by atoms with Crippen LogP contribution in [0.3, 0.4) is 0 Å². The first kappa shape index (κ1) is 14.4. The van der Waals surface area contributed by atoms with E-state index in [2.05, 4.69) is 41.8 Å². The number of hydrogen-bond donors (Lipinski definition) is 2. The summed E-state index contributed by atoms with van der Waals surface area (Å²) in [5.41, 5.74) is 1.14. The fraction of sp³-hybridized carbons (Fsp3) is 0.353. The Balaban J connectivity index is 2.15. The second-order valence-corrected chi connectivity index (χ2v) is 5.22. The van der Waals surface area contributed by atoms with Crippen LogP contribution in [0.15, 0.2) is 42.5 Å². The van der Waals surface area contributed by atoms with Gasteiger partial charge in [0.2, 0.25) is 0 Å².